The lowest BCUT2D eigenvalue weighted by Crippen LogP contribution is -1.87. The van der Waals surface area contributed by atoms with Crippen LogP contribution in [-0.2, 0) is 0 Å². The van der Waals surface area contributed by atoms with Gasteiger partial charge in [-0.3, -0.25) is 0 Å². The third-order valence-electron chi connectivity index (χ3n) is 3.12. The molecule has 3 nitrogen and oxygen atoms in total. The molecule has 0 saturated carbocycles. The van der Waals surface area contributed by atoms with Crippen LogP contribution >= 0.6 is 15.9 Å². The van der Waals surface area contributed by atoms with E-state index in [0.717, 1.165) is 32.6 Å². The minimum absolute atomic E-state index is 0.720. The zero-order chi connectivity index (χ0) is 13.6. The van der Waals surface area contributed by atoms with E-state index in [4.69, 9.17) is 5.73 Å². The second-order valence-corrected chi connectivity index (χ2v) is 5.75. The highest BCUT2D eigenvalue weighted by Crippen LogP contribution is 2.27. The number of imidazole rings is 1. The summed E-state index contributed by atoms with van der Waals surface area (Å²) in [7, 11) is 0. The van der Waals surface area contributed by atoms with Crippen molar-refractivity contribution in [1.29, 1.82) is 0 Å². The molecule has 0 aliphatic heterocycles. The number of nitrogens with zero attached hydrogens (tertiary/aromatic N) is 1. The molecular formula is C15H14BrN3. The molecule has 0 radical (unpaired) electrons. The van der Waals surface area contributed by atoms with Gasteiger partial charge in [0.2, 0.25) is 0 Å². The number of hydrogen-bond donors (Lipinski definition) is 2. The first-order valence-corrected chi connectivity index (χ1v) is 6.85. The average molecular weight is 316 g/mol. The van der Waals surface area contributed by atoms with Crippen LogP contribution in [0, 0.1) is 13.8 Å². The number of hydrogen-bond acceptors (Lipinski definition) is 2. The van der Waals surface area contributed by atoms with Crippen LogP contribution in [0.3, 0.4) is 0 Å². The Morgan fingerprint density at radius 2 is 1.89 bits per heavy atom. The van der Waals surface area contributed by atoms with Gasteiger partial charge >= 0.3 is 0 Å². The van der Waals surface area contributed by atoms with Crippen molar-refractivity contribution in [1.82, 2.24) is 9.97 Å². The molecule has 3 aromatic rings. The van der Waals surface area contributed by atoms with Crippen molar-refractivity contribution in [2.24, 2.45) is 0 Å². The largest absolute Gasteiger partial charge is 0.399 e. The van der Waals surface area contributed by atoms with Crippen molar-refractivity contribution in [3.05, 3.63) is 45.9 Å². The Morgan fingerprint density at radius 3 is 2.63 bits per heavy atom. The smallest absolute Gasteiger partial charge is 0.138 e. The molecule has 1 heterocycles. The maximum absolute atomic E-state index is 5.87. The van der Waals surface area contributed by atoms with E-state index in [1.165, 1.54) is 11.1 Å². The first-order chi connectivity index (χ1) is 9.02. The van der Waals surface area contributed by atoms with Crippen LogP contribution in [-0.4, -0.2) is 9.97 Å². The van der Waals surface area contributed by atoms with Crippen molar-refractivity contribution in [2.75, 3.05) is 5.73 Å². The molecule has 19 heavy (non-hydrogen) atoms. The van der Waals surface area contributed by atoms with Crippen molar-refractivity contribution in [3.63, 3.8) is 0 Å². The van der Waals surface area contributed by atoms with Gasteiger partial charge in [0.1, 0.15) is 5.82 Å². The fraction of sp³-hybridized carbons (Fsp3) is 0.133. The lowest BCUT2D eigenvalue weighted by atomic mass is 10.1. The third kappa shape index (κ3) is 2.24. The van der Waals surface area contributed by atoms with Crippen LogP contribution in [0.4, 0.5) is 5.69 Å². The van der Waals surface area contributed by atoms with Crippen molar-refractivity contribution < 1.29 is 0 Å². The Kier molecular flexibility index (Phi) is 2.82. The summed E-state index contributed by atoms with van der Waals surface area (Å²) >= 11 is 3.46. The predicted octanol–water partition coefficient (Wildman–Crippen LogP) is 4.19. The third-order valence-corrected chi connectivity index (χ3v) is 3.57. The molecular weight excluding hydrogens is 302 g/mol. The highest BCUT2D eigenvalue weighted by atomic mass is 79.9. The fourth-order valence-corrected chi connectivity index (χ4v) is 2.87. The Hall–Kier alpha value is -1.81. The molecule has 0 unspecified atom stereocenters. The topological polar surface area (TPSA) is 54.7 Å². The lowest BCUT2D eigenvalue weighted by molar-refractivity contribution is 1.33. The van der Waals surface area contributed by atoms with Crippen LogP contribution in [0.25, 0.3) is 22.4 Å². The molecule has 0 atom stereocenters. The van der Waals surface area contributed by atoms with Crippen LogP contribution < -0.4 is 5.73 Å². The molecule has 0 aliphatic rings. The van der Waals surface area contributed by atoms with Gasteiger partial charge < -0.3 is 10.7 Å². The van der Waals surface area contributed by atoms with Gasteiger partial charge in [0.25, 0.3) is 0 Å². The predicted molar refractivity (Wildman–Crippen MR) is 83.1 cm³/mol. The molecule has 0 amide bonds. The van der Waals surface area contributed by atoms with E-state index in [0.29, 0.717) is 0 Å². The second kappa shape index (κ2) is 4.38. The van der Waals surface area contributed by atoms with E-state index in [1.54, 1.807) is 0 Å². The summed E-state index contributed by atoms with van der Waals surface area (Å²) in [5.41, 5.74) is 12.1. The van der Waals surface area contributed by atoms with Gasteiger partial charge in [0.05, 0.1) is 11.0 Å². The number of aromatic amines is 1. The normalized spacial score (nSPS) is 11.1. The molecule has 0 aliphatic carbocycles. The standard InChI is InChI=1S/C15H14BrN3/c1-8-3-9(2)14-13(4-8)18-15(19-14)10-5-11(16)7-12(17)6-10/h3-7H,17H2,1-2H3,(H,18,19). The molecule has 0 bridgehead atoms. The number of aromatic nitrogens is 2. The Morgan fingerprint density at radius 1 is 1.11 bits per heavy atom. The van der Waals surface area contributed by atoms with Gasteiger partial charge in [-0.25, -0.2) is 4.98 Å². The number of anilines is 1. The maximum Gasteiger partial charge on any atom is 0.138 e. The van der Waals surface area contributed by atoms with Gasteiger partial charge in [-0.1, -0.05) is 22.0 Å². The van der Waals surface area contributed by atoms with Crippen molar-refractivity contribution >= 4 is 32.7 Å². The Balaban J connectivity index is 2.23. The summed E-state index contributed by atoms with van der Waals surface area (Å²) in [5, 5.41) is 0. The second-order valence-electron chi connectivity index (χ2n) is 4.84. The van der Waals surface area contributed by atoms with E-state index in [9.17, 15) is 0 Å². The number of nitrogens with two attached hydrogens (primary N) is 1. The number of fused-ring (bicyclic) bond motifs is 1. The molecule has 4 heteroatoms. The SMILES string of the molecule is Cc1cc(C)c2nc(-c3cc(N)cc(Br)c3)[nH]c2c1. The van der Waals surface area contributed by atoms with Gasteiger partial charge in [-0.15, -0.1) is 0 Å². The summed E-state index contributed by atoms with van der Waals surface area (Å²) in [6.07, 6.45) is 0. The molecule has 0 saturated heterocycles. The minimum atomic E-state index is 0.720. The fourth-order valence-electron chi connectivity index (χ4n) is 2.36. The van der Waals surface area contributed by atoms with E-state index in [-0.39, 0.29) is 0 Å². The number of aryl methyl sites for hydroxylation is 2. The summed E-state index contributed by atoms with van der Waals surface area (Å²) in [4.78, 5) is 8.03. The molecule has 1 aromatic heterocycles. The van der Waals surface area contributed by atoms with Gasteiger partial charge in [0, 0.05) is 15.7 Å². The van der Waals surface area contributed by atoms with Crippen molar-refractivity contribution in [3.8, 4) is 11.4 Å². The molecule has 0 fully saturated rings. The van der Waals surface area contributed by atoms with Crippen LogP contribution in [0.15, 0.2) is 34.8 Å². The summed E-state index contributed by atoms with van der Waals surface area (Å²) in [6, 6.07) is 10.1. The minimum Gasteiger partial charge on any atom is -0.399 e. The number of nitrogen functional groups attached to an aromatic ring is 1. The first-order valence-electron chi connectivity index (χ1n) is 6.06. The molecule has 0 spiro atoms. The van der Waals surface area contributed by atoms with E-state index < -0.39 is 0 Å². The quantitative estimate of drug-likeness (QED) is 0.661. The summed E-state index contributed by atoms with van der Waals surface area (Å²) < 4.78 is 0.954. The average Bonchev–Trinajstić information content (AvgIpc) is 2.71. The molecule has 3 N–H and O–H groups in total. The molecule has 3 rings (SSSR count). The van der Waals surface area contributed by atoms with Crippen LogP contribution in [0.2, 0.25) is 0 Å². The first kappa shape index (κ1) is 12.2. The lowest BCUT2D eigenvalue weighted by Gasteiger charge is -2.00. The number of halogens is 1. The monoisotopic (exact) mass is 315 g/mol. The van der Waals surface area contributed by atoms with E-state index in [1.807, 2.05) is 18.2 Å². The van der Waals surface area contributed by atoms with E-state index in [2.05, 4.69) is 51.9 Å². The number of nitrogens with one attached hydrogen (secondary N) is 1. The van der Waals surface area contributed by atoms with Gasteiger partial charge in [-0.05, 0) is 49.2 Å². The number of H-pyrrole nitrogens is 1. The summed E-state index contributed by atoms with van der Waals surface area (Å²) in [6.45, 7) is 4.17. The highest BCUT2D eigenvalue weighted by Gasteiger charge is 2.09. The summed E-state index contributed by atoms with van der Waals surface area (Å²) in [5.74, 6) is 0.844. The zero-order valence-corrected chi connectivity index (χ0v) is 12.4. The Bertz CT molecular complexity index is 754. The Labute approximate surface area is 120 Å². The van der Waals surface area contributed by atoms with Gasteiger partial charge in [-0.2, -0.15) is 0 Å². The van der Waals surface area contributed by atoms with Crippen LogP contribution in [0.1, 0.15) is 11.1 Å². The molecule has 2 aromatic carbocycles. The zero-order valence-electron chi connectivity index (χ0n) is 10.8. The number of benzene rings is 2. The van der Waals surface area contributed by atoms with Crippen LogP contribution in [0.5, 0.6) is 0 Å². The van der Waals surface area contributed by atoms with E-state index >= 15 is 0 Å². The number of rotatable bonds is 1. The van der Waals surface area contributed by atoms with Gasteiger partial charge in [0.15, 0.2) is 0 Å². The van der Waals surface area contributed by atoms with Crippen molar-refractivity contribution in [2.45, 2.75) is 13.8 Å². The highest BCUT2D eigenvalue weighted by molar-refractivity contribution is 9.10. The maximum atomic E-state index is 5.87. The molecule has 96 valence electrons.